The average molecular weight is 500 g/mol. The summed E-state index contributed by atoms with van der Waals surface area (Å²) < 4.78 is 16.0. The second-order valence-corrected chi connectivity index (χ2v) is 6.63. The van der Waals surface area contributed by atoms with E-state index < -0.39 is 0 Å². The summed E-state index contributed by atoms with van der Waals surface area (Å²) in [5, 5.41) is 6.90. The van der Waals surface area contributed by atoms with Crippen LogP contribution in [0.5, 0.6) is 0 Å². The lowest BCUT2D eigenvalue weighted by atomic mass is 9.92. The number of hydrogen-bond donors (Lipinski definition) is 2. The summed E-state index contributed by atoms with van der Waals surface area (Å²) in [6, 6.07) is 0.518. The minimum atomic E-state index is 0. The van der Waals surface area contributed by atoms with Gasteiger partial charge >= 0.3 is 0 Å². The third-order valence-electron chi connectivity index (χ3n) is 5.00. The Labute approximate surface area is 183 Å². The van der Waals surface area contributed by atoms with E-state index in [4.69, 9.17) is 14.2 Å². The molecule has 0 amide bonds. The van der Waals surface area contributed by atoms with Gasteiger partial charge in [-0.25, -0.2) is 0 Å². The van der Waals surface area contributed by atoms with E-state index in [1.807, 2.05) is 7.05 Å². The maximum atomic E-state index is 5.53. The molecule has 1 aliphatic rings. The number of ether oxygens (including phenoxy) is 3. The monoisotopic (exact) mass is 500 g/mol. The highest BCUT2D eigenvalue weighted by Gasteiger charge is 2.26. The first-order chi connectivity index (χ1) is 12.8. The Hall–Kier alpha value is -0.160. The molecule has 0 aromatic heterocycles. The van der Waals surface area contributed by atoms with E-state index in [2.05, 4.69) is 34.4 Å². The minimum Gasteiger partial charge on any atom is -0.382 e. The van der Waals surface area contributed by atoms with Crippen LogP contribution in [0.2, 0.25) is 0 Å². The largest absolute Gasteiger partial charge is 0.382 e. The molecule has 0 aliphatic carbocycles. The Morgan fingerprint density at radius 3 is 2.41 bits per heavy atom. The van der Waals surface area contributed by atoms with Gasteiger partial charge in [-0.05, 0) is 12.3 Å². The zero-order valence-corrected chi connectivity index (χ0v) is 20.0. The maximum absolute atomic E-state index is 5.53. The number of guanidine groups is 1. The highest BCUT2D eigenvalue weighted by Crippen LogP contribution is 2.19. The van der Waals surface area contributed by atoms with Crippen LogP contribution in [0.3, 0.4) is 0 Å². The number of nitrogens with one attached hydrogen (secondary N) is 2. The Morgan fingerprint density at radius 2 is 1.81 bits per heavy atom. The molecule has 162 valence electrons. The molecule has 0 saturated carbocycles. The molecule has 1 unspecified atom stereocenters. The van der Waals surface area contributed by atoms with Crippen LogP contribution < -0.4 is 10.6 Å². The smallest absolute Gasteiger partial charge is 0.191 e. The van der Waals surface area contributed by atoms with Crippen LogP contribution in [-0.2, 0) is 14.2 Å². The molecule has 1 fully saturated rings. The lowest BCUT2D eigenvalue weighted by Crippen LogP contribution is -2.53. The highest BCUT2D eigenvalue weighted by molar-refractivity contribution is 14.0. The van der Waals surface area contributed by atoms with E-state index in [1.165, 1.54) is 12.8 Å². The molecule has 2 N–H and O–H groups in total. The molecule has 1 rings (SSSR count). The van der Waals surface area contributed by atoms with Crippen molar-refractivity contribution in [1.82, 2.24) is 15.5 Å². The van der Waals surface area contributed by atoms with Crippen molar-refractivity contribution in [3.8, 4) is 0 Å². The van der Waals surface area contributed by atoms with Crippen molar-refractivity contribution < 1.29 is 14.2 Å². The molecule has 1 atom stereocenters. The molecule has 1 heterocycles. The van der Waals surface area contributed by atoms with E-state index >= 15 is 0 Å². The average Bonchev–Trinajstić information content (AvgIpc) is 2.69. The molecule has 7 nitrogen and oxygen atoms in total. The Balaban J connectivity index is 0.00000676. The van der Waals surface area contributed by atoms with Gasteiger partial charge in [-0.3, -0.25) is 9.89 Å². The second kappa shape index (κ2) is 17.9. The summed E-state index contributed by atoms with van der Waals surface area (Å²) >= 11 is 0. The molecule has 0 spiro atoms. The summed E-state index contributed by atoms with van der Waals surface area (Å²) in [5.41, 5.74) is 0. The summed E-state index contributed by atoms with van der Waals surface area (Å²) in [4.78, 5) is 6.93. The van der Waals surface area contributed by atoms with Gasteiger partial charge in [0.05, 0.1) is 26.4 Å². The van der Waals surface area contributed by atoms with E-state index in [-0.39, 0.29) is 24.0 Å². The topological polar surface area (TPSA) is 67.4 Å². The number of rotatable bonds is 13. The molecule has 1 aliphatic heterocycles. The fraction of sp³-hybridized carbons (Fsp3) is 0.947. The summed E-state index contributed by atoms with van der Waals surface area (Å²) in [7, 11) is 3.51. The van der Waals surface area contributed by atoms with E-state index in [9.17, 15) is 0 Å². The molecule has 0 aromatic rings. The maximum Gasteiger partial charge on any atom is 0.191 e. The number of halogens is 1. The third-order valence-corrected chi connectivity index (χ3v) is 5.00. The second-order valence-electron chi connectivity index (χ2n) is 6.63. The normalized spacial score (nSPS) is 16.9. The summed E-state index contributed by atoms with van der Waals surface area (Å²) in [5.74, 6) is 1.55. The van der Waals surface area contributed by atoms with Crippen LogP contribution in [0, 0.1) is 5.92 Å². The van der Waals surface area contributed by atoms with Gasteiger partial charge in [0, 0.05) is 53.0 Å². The van der Waals surface area contributed by atoms with E-state index in [0.29, 0.717) is 25.2 Å². The van der Waals surface area contributed by atoms with Crippen molar-refractivity contribution in [2.24, 2.45) is 10.9 Å². The van der Waals surface area contributed by atoms with Crippen molar-refractivity contribution in [3.05, 3.63) is 0 Å². The molecule has 27 heavy (non-hydrogen) atoms. The molecular formula is C19H41IN4O3. The van der Waals surface area contributed by atoms with Gasteiger partial charge in [0.15, 0.2) is 5.96 Å². The molecule has 0 radical (unpaired) electrons. The zero-order chi connectivity index (χ0) is 19.0. The highest BCUT2D eigenvalue weighted by atomic mass is 127. The van der Waals surface area contributed by atoms with Gasteiger partial charge in [0.25, 0.3) is 0 Å². The van der Waals surface area contributed by atoms with Crippen LogP contribution in [0.1, 0.15) is 33.1 Å². The molecule has 0 bridgehead atoms. The fourth-order valence-corrected chi connectivity index (χ4v) is 3.38. The van der Waals surface area contributed by atoms with Gasteiger partial charge in [0.1, 0.15) is 0 Å². The Morgan fingerprint density at radius 1 is 1.11 bits per heavy atom. The van der Waals surface area contributed by atoms with Gasteiger partial charge in [-0.15, -0.1) is 24.0 Å². The molecule has 0 aromatic carbocycles. The summed E-state index contributed by atoms with van der Waals surface area (Å²) in [6.45, 7) is 12.1. The first-order valence-electron chi connectivity index (χ1n) is 10.1. The number of hydrogen-bond acceptors (Lipinski definition) is 5. The Kier molecular flexibility index (Phi) is 17.8. The molecule has 1 saturated heterocycles. The van der Waals surface area contributed by atoms with Gasteiger partial charge in [-0.1, -0.05) is 26.7 Å². The van der Waals surface area contributed by atoms with Crippen LogP contribution in [-0.4, -0.2) is 90.3 Å². The van der Waals surface area contributed by atoms with E-state index in [1.54, 1.807) is 7.11 Å². The van der Waals surface area contributed by atoms with Crippen LogP contribution in [0.4, 0.5) is 0 Å². The first-order valence-corrected chi connectivity index (χ1v) is 10.1. The number of aliphatic imine (C=N–C) groups is 1. The lowest BCUT2D eigenvalue weighted by molar-refractivity contribution is 0.00272. The number of nitrogens with zero attached hydrogens (tertiary/aromatic N) is 2. The zero-order valence-electron chi connectivity index (χ0n) is 17.7. The van der Waals surface area contributed by atoms with Crippen molar-refractivity contribution in [2.75, 3.05) is 73.4 Å². The predicted molar refractivity (Wildman–Crippen MR) is 122 cm³/mol. The third kappa shape index (κ3) is 11.4. The molecular weight excluding hydrogens is 459 g/mol. The first kappa shape index (κ1) is 26.8. The minimum absolute atomic E-state index is 0. The van der Waals surface area contributed by atoms with Gasteiger partial charge < -0.3 is 24.8 Å². The van der Waals surface area contributed by atoms with Crippen molar-refractivity contribution >= 4 is 29.9 Å². The van der Waals surface area contributed by atoms with Crippen molar-refractivity contribution in [3.63, 3.8) is 0 Å². The number of morpholine rings is 1. The quantitative estimate of drug-likeness (QED) is 0.175. The Bertz CT molecular complexity index is 365. The van der Waals surface area contributed by atoms with Crippen LogP contribution >= 0.6 is 24.0 Å². The van der Waals surface area contributed by atoms with Crippen molar-refractivity contribution in [2.45, 2.75) is 39.2 Å². The van der Waals surface area contributed by atoms with Crippen molar-refractivity contribution in [1.29, 1.82) is 0 Å². The van der Waals surface area contributed by atoms with Crippen LogP contribution in [0.15, 0.2) is 4.99 Å². The predicted octanol–water partition coefficient (Wildman–Crippen LogP) is 1.96. The fourth-order valence-electron chi connectivity index (χ4n) is 3.38. The SMILES string of the molecule is CCC(CC)C(CNC(=NC)NCCCOCCOC)N1CCOCC1.I. The summed E-state index contributed by atoms with van der Waals surface area (Å²) in [6.07, 6.45) is 3.35. The molecule has 8 heteroatoms. The van der Waals surface area contributed by atoms with Gasteiger partial charge in [-0.2, -0.15) is 0 Å². The van der Waals surface area contributed by atoms with E-state index in [0.717, 1.165) is 58.4 Å². The lowest BCUT2D eigenvalue weighted by Gasteiger charge is -2.39. The number of methoxy groups -OCH3 is 1. The standard InChI is InChI=1S/C19H40N4O3.HI/c1-5-17(6-2)18(23-9-12-26-13-10-23)16-22-19(20-3)21-8-7-11-25-15-14-24-4;/h17-18H,5-16H2,1-4H3,(H2,20,21,22);1H. The van der Waals surface area contributed by atoms with Crippen LogP contribution in [0.25, 0.3) is 0 Å². The van der Waals surface area contributed by atoms with Gasteiger partial charge in [0.2, 0.25) is 0 Å².